The van der Waals surface area contributed by atoms with Crippen molar-refractivity contribution in [2.24, 2.45) is 0 Å². The summed E-state index contributed by atoms with van der Waals surface area (Å²) in [5.41, 5.74) is 1.17. The number of rotatable bonds is 5. The number of halogens is 1. The largest absolute Gasteiger partial charge is 0.451 e. The van der Waals surface area contributed by atoms with E-state index in [1.54, 1.807) is 24.3 Å². The second kappa shape index (κ2) is 8.17. The molecule has 1 aliphatic heterocycles. The van der Waals surface area contributed by atoms with Crippen LogP contribution in [0.2, 0.25) is 5.02 Å². The number of amides is 1. The highest BCUT2D eigenvalue weighted by Gasteiger charge is 2.26. The summed E-state index contributed by atoms with van der Waals surface area (Å²) in [7, 11) is 0. The molecule has 2 heterocycles. The molecule has 0 radical (unpaired) electrons. The van der Waals surface area contributed by atoms with Crippen LogP contribution in [0.15, 0.2) is 63.8 Å². The van der Waals surface area contributed by atoms with Crippen LogP contribution in [0.3, 0.4) is 0 Å². The Labute approximate surface area is 167 Å². The smallest absolute Gasteiger partial charge is 0.287 e. The van der Waals surface area contributed by atoms with E-state index in [1.807, 2.05) is 24.3 Å². The molecule has 5 nitrogen and oxygen atoms in total. The average molecular weight is 397 g/mol. The van der Waals surface area contributed by atoms with Crippen LogP contribution < -0.4 is 10.7 Å². The number of para-hydroxylation sites is 1. The molecular weight excluding hydrogens is 376 g/mol. The summed E-state index contributed by atoms with van der Waals surface area (Å²) in [5, 5.41) is 4.07. The van der Waals surface area contributed by atoms with Gasteiger partial charge in [-0.15, -0.1) is 0 Å². The Kier molecular flexibility index (Phi) is 5.46. The predicted octanol–water partition coefficient (Wildman–Crippen LogP) is 4.01. The standard InChI is InChI=1S/C22H21ClN2O3/c23-17-9-3-1-7-15(17)18(25-11-5-6-12-25)14-24-22(27)21-13-19(26)16-8-2-4-10-20(16)28-21/h1-4,7-10,13,18H,5-6,11-12,14H2,(H,24,27)/t18-/m1/s1. The van der Waals surface area contributed by atoms with Crippen LogP contribution in [0, 0.1) is 0 Å². The third-order valence-corrected chi connectivity index (χ3v) is 5.50. The Hall–Kier alpha value is -2.63. The van der Waals surface area contributed by atoms with Gasteiger partial charge in [0.2, 0.25) is 0 Å². The van der Waals surface area contributed by atoms with Gasteiger partial charge in [-0.3, -0.25) is 14.5 Å². The number of carbonyl (C=O) groups is 1. The minimum atomic E-state index is -0.404. The Balaban J connectivity index is 1.56. The fourth-order valence-corrected chi connectivity index (χ4v) is 3.99. The summed E-state index contributed by atoms with van der Waals surface area (Å²) in [6, 6.07) is 15.8. The normalized spacial score (nSPS) is 15.6. The zero-order valence-electron chi connectivity index (χ0n) is 15.4. The minimum Gasteiger partial charge on any atom is -0.451 e. The van der Waals surface area contributed by atoms with E-state index >= 15 is 0 Å². The van der Waals surface area contributed by atoms with Crippen molar-refractivity contribution < 1.29 is 9.21 Å². The van der Waals surface area contributed by atoms with Gasteiger partial charge in [-0.1, -0.05) is 41.9 Å². The molecule has 0 bridgehead atoms. The second-order valence-corrected chi connectivity index (χ2v) is 7.37. The van der Waals surface area contributed by atoms with Gasteiger partial charge in [0.1, 0.15) is 5.58 Å². The van der Waals surface area contributed by atoms with Crippen LogP contribution in [0.4, 0.5) is 0 Å². The van der Waals surface area contributed by atoms with Gasteiger partial charge in [0.25, 0.3) is 5.91 Å². The van der Waals surface area contributed by atoms with E-state index < -0.39 is 5.91 Å². The lowest BCUT2D eigenvalue weighted by molar-refractivity contribution is 0.0910. The van der Waals surface area contributed by atoms with E-state index in [9.17, 15) is 9.59 Å². The fraction of sp³-hybridized carbons (Fsp3) is 0.273. The quantitative estimate of drug-likeness (QED) is 0.707. The summed E-state index contributed by atoms with van der Waals surface area (Å²) in [6.45, 7) is 2.33. The second-order valence-electron chi connectivity index (χ2n) is 6.96. The number of hydrogen-bond acceptors (Lipinski definition) is 4. The lowest BCUT2D eigenvalue weighted by atomic mass is 10.1. The van der Waals surface area contributed by atoms with Crippen molar-refractivity contribution in [3.05, 3.63) is 81.2 Å². The Morgan fingerprint density at radius 3 is 2.61 bits per heavy atom. The van der Waals surface area contributed by atoms with Crippen LogP contribution in [-0.2, 0) is 0 Å². The van der Waals surface area contributed by atoms with Crippen molar-refractivity contribution in [1.29, 1.82) is 0 Å². The topological polar surface area (TPSA) is 62.6 Å². The van der Waals surface area contributed by atoms with E-state index in [2.05, 4.69) is 10.2 Å². The van der Waals surface area contributed by atoms with Crippen LogP contribution in [0.1, 0.15) is 35.0 Å². The highest BCUT2D eigenvalue weighted by molar-refractivity contribution is 6.31. The SMILES string of the molecule is O=C(NC[C@H](c1ccccc1Cl)N1CCCC1)c1cc(=O)c2ccccc2o1. The summed E-state index contributed by atoms with van der Waals surface area (Å²) in [6.07, 6.45) is 2.27. The number of hydrogen-bond donors (Lipinski definition) is 1. The van der Waals surface area contributed by atoms with Crippen molar-refractivity contribution in [2.45, 2.75) is 18.9 Å². The summed E-state index contributed by atoms with van der Waals surface area (Å²) >= 11 is 6.42. The van der Waals surface area contributed by atoms with Gasteiger partial charge in [0, 0.05) is 17.6 Å². The molecule has 28 heavy (non-hydrogen) atoms. The Bertz CT molecular complexity index is 1060. The van der Waals surface area contributed by atoms with Crippen LogP contribution in [0.25, 0.3) is 11.0 Å². The predicted molar refractivity (Wildman–Crippen MR) is 110 cm³/mol. The molecular formula is C22H21ClN2O3. The van der Waals surface area contributed by atoms with E-state index in [0.717, 1.165) is 31.5 Å². The summed E-state index contributed by atoms with van der Waals surface area (Å²) in [5.74, 6) is -0.387. The fourth-order valence-electron chi connectivity index (χ4n) is 3.73. The van der Waals surface area contributed by atoms with Crippen molar-refractivity contribution in [1.82, 2.24) is 10.2 Å². The number of nitrogens with one attached hydrogen (secondary N) is 1. The third-order valence-electron chi connectivity index (χ3n) is 5.16. The van der Waals surface area contributed by atoms with Gasteiger partial charge in [-0.2, -0.15) is 0 Å². The maximum absolute atomic E-state index is 12.7. The molecule has 0 aliphatic carbocycles. The lowest BCUT2D eigenvalue weighted by Gasteiger charge is -2.28. The van der Waals surface area contributed by atoms with E-state index in [-0.39, 0.29) is 17.2 Å². The van der Waals surface area contributed by atoms with E-state index in [4.69, 9.17) is 16.0 Å². The first kappa shape index (κ1) is 18.7. The van der Waals surface area contributed by atoms with Crippen molar-refractivity contribution in [3.8, 4) is 0 Å². The molecule has 1 aliphatic rings. The first-order chi connectivity index (χ1) is 13.6. The van der Waals surface area contributed by atoms with Gasteiger partial charge < -0.3 is 9.73 Å². The first-order valence-electron chi connectivity index (χ1n) is 9.43. The van der Waals surface area contributed by atoms with Crippen molar-refractivity contribution in [3.63, 3.8) is 0 Å². The summed E-state index contributed by atoms with van der Waals surface area (Å²) in [4.78, 5) is 27.3. The molecule has 1 aromatic heterocycles. The molecule has 0 saturated carbocycles. The molecule has 144 valence electrons. The number of fused-ring (bicyclic) bond motifs is 1. The zero-order valence-corrected chi connectivity index (χ0v) is 16.1. The van der Waals surface area contributed by atoms with Crippen LogP contribution >= 0.6 is 11.6 Å². The van der Waals surface area contributed by atoms with E-state index in [1.165, 1.54) is 6.07 Å². The van der Waals surface area contributed by atoms with Crippen LogP contribution in [-0.4, -0.2) is 30.4 Å². The number of nitrogens with zero attached hydrogens (tertiary/aromatic N) is 1. The molecule has 1 N–H and O–H groups in total. The number of likely N-dealkylation sites (tertiary alicyclic amines) is 1. The van der Waals surface area contributed by atoms with Gasteiger partial charge in [-0.25, -0.2) is 0 Å². The molecule has 1 fully saturated rings. The Morgan fingerprint density at radius 2 is 1.82 bits per heavy atom. The molecule has 3 aromatic rings. The van der Waals surface area contributed by atoms with Gasteiger partial charge in [-0.05, 0) is 49.7 Å². The summed E-state index contributed by atoms with van der Waals surface area (Å²) < 4.78 is 5.64. The van der Waals surface area contributed by atoms with Crippen molar-refractivity contribution >= 4 is 28.5 Å². The van der Waals surface area contributed by atoms with Gasteiger partial charge in [0.05, 0.1) is 11.4 Å². The molecule has 1 amide bonds. The third kappa shape index (κ3) is 3.81. The average Bonchev–Trinajstić information content (AvgIpc) is 3.24. The molecule has 2 aromatic carbocycles. The van der Waals surface area contributed by atoms with Crippen molar-refractivity contribution in [2.75, 3.05) is 19.6 Å². The molecule has 6 heteroatoms. The Morgan fingerprint density at radius 1 is 1.11 bits per heavy atom. The molecule has 0 unspecified atom stereocenters. The lowest BCUT2D eigenvalue weighted by Crippen LogP contribution is -2.37. The maximum atomic E-state index is 12.7. The highest BCUT2D eigenvalue weighted by Crippen LogP contribution is 2.29. The number of carbonyl (C=O) groups excluding carboxylic acids is 1. The molecule has 1 saturated heterocycles. The minimum absolute atomic E-state index is 0.0167. The van der Waals surface area contributed by atoms with Gasteiger partial charge >= 0.3 is 0 Å². The van der Waals surface area contributed by atoms with E-state index in [0.29, 0.717) is 22.5 Å². The zero-order chi connectivity index (χ0) is 19.5. The highest BCUT2D eigenvalue weighted by atomic mass is 35.5. The number of benzene rings is 2. The first-order valence-corrected chi connectivity index (χ1v) is 9.81. The van der Waals surface area contributed by atoms with Crippen LogP contribution in [0.5, 0.6) is 0 Å². The molecule has 0 spiro atoms. The molecule has 1 atom stereocenters. The molecule has 4 rings (SSSR count). The monoisotopic (exact) mass is 396 g/mol. The van der Waals surface area contributed by atoms with Gasteiger partial charge in [0.15, 0.2) is 11.2 Å². The maximum Gasteiger partial charge on any atom is 0.287 e.